The molecule has 0 bridgehead atoms. The molecule has 90 valence electrons. The van der Waals surface area contributed by atoms with Gasteiger partial charge in [0, 0.05) is 39.0 Å². The summed E-state index contributed by atoms with van der Waals surface area (Å²) in [5, 5.41) is 0. The summed E-state index contributed by atoms with van der Waals surface area (Å²) in [6.07, 6.45) is 1.99. The minimum absolute atomic E-state index is 0.231. The molecule has 2 aliphatic heterocycles. The van der Waals surface area contributed by atoms with Crippen LogP contribution in [0, 0.1) is 0 Å². The highest BCUT2D eigenvalue weighted by atomic mass is 16.7. The van der Waals surface area contributed by atoms with Crippen LogP contribution in [0.1, 0.15) is 26.7 Å². The minimum atomic E-state index is -0.231. The van der Waals surface area contributed by atoms with Crippen LogP contribution in [0.15, 0.2) is 0 Å². The van der Waals surface area contributed by atoms with Crippen molar-refractivity contribution in [1.82, 2.24) is 4.90 Å². The summed E-state index contributed by atoms with van der Waals surface area (Å²) in [5.74, 6) is -0.231. The first-order valence-electron chi connectivity index (χ1n) is 6.05. The predicted molar refractivity (Wildman–Crippen MR) is 60.7 cm³/mol. The van der Waals surface area contributed by atoms with E-state index >= 15 is 0 Å². The van der Waals surface area contributed by atoms with Crippen LogP contribution >= 0.6 is 0 Å². The van der Waals surface area contributed by atoms with Gasteiger partial charge in [-0.25, -0.2) is 0 Å². The lowest BCUT2D eigenvalue weighted by atomic mass is 10.0. The molecule has 1 spiro atoms. The smallest absolute Gasteiger partial charge is 0.170 e. The van der Waals surface area contributed by atoms with E-state index in [1.165, 1.54) is 0 Å². The predicted octanol–water partition coefficient (Wildman–Crippen LogP) is 0.810. The van der Waals surface area contributed by atoms with Crippen LogP contribution in [0.3, 0.4) is 0 Å². The van der Waals surface area contributed by atoms with E-state index in [0.717, 1.165) is 52.2 Å². The van der Waals surface area contributed by atoms with Gasteiger partial charge in [-0.2, -0.15) is 0 Å². The van der Waals surface area contributed by atoms with Gasteiger partial charge in [0.25, 0.3) is 0 Å². The molecule has 0 aromatic carbocycles. The molecule has 0 aliphatic carbocycles. The van der Waals surface area contributed by atoms with Crippen molar-refractivity contribution in [3.05, 3.63) is 0 Å². The molecule has 0 aromatic heterocycles. The first kappa shape index (κ1) is 12.9. The van der Waals surface area contributed by atoms with E-state index in [1.807, 2.05) is 13.8 Å². The number of nitrogens with two attached hydrogens (primary N) is 1. The van der Waals surface area contributed by atoms with Crippen molar-refractivity contribution in [2.24, 2.45) is 5.73 Å². The highest BCUT2D eigenvalue weighted by molar-refractivity contribution is 4.82. The van der Waals surface area contributed by atoms with Gasteiger partial charge in [-0.05, 0) is 0 Å². The normalized spacial score (nSPS) is 25.0. The quantitative estimate of drug-likeness (QED) is 0.742. The van der Waals surface area contributed by atoms with E-state index in [-0.39, 0.29) is 5.79 Å². The van der Waals surface area contributed by atoms with Crippen molar-refractivity contribution >= 4 is 0 Å². The molecule has 2 rings (SSSR count). The molecule has 4 nitrogen and oxygen atoms in total. The van der Waals surface area contributed by atoms with E-state index in [1.54, 1.807) is 0 Å². The molecule has 0 radical (unpaired) electrons. The summed E-state index contributed by atoms with van der Waals surface area (Å²) in [5.41, 5.74) is 5.50. The largest absolute Gasteiger partial charge is 0.347 e. The van der Waals surface area contributed by atoms with Crippen LogP contribution in [0.4, 0.5) is 0 Å². The SMILES string of the molecule is CC.NCCN1CCC2(CC1)OCCO2. The van der Waals surface area contributed by atoms with E-state index < -0.39 is 0 Å². The zero-order valence-electron chi connectivity index (χ0n) is 10.00. The van der Waals surface area contributed by atoms with Crippen LogP contribution in [-0.2, 0) is 9.47 Å². The van der Waals surface area contributed by atoms with Crippen molar-refractivity contribution in [2.45, 2.75) is 32.5 Å². The van der Waals surface area contributed by atoms with E-state index in [2.05, 4.69) is 4.90 Å². The maximum atomic E-state index is 5.63. The lowest BCUT2D eigenvalue weighted by Crippen LogP contribution is -2.46. The van der Waals surface area contributed by atoms with E-state index in [9.17, 15) is 0 Å². The fraction of sp³-hybridized carbons (Fsp3) is 1.00. The summed E-state index contributed by atoms with van der Waals surface area (Å²) < 4.78 is 11.3. The Bertz CT molecular complexity index is 160. The fourth-order valence-electron chi connectivity index (χ4n) is 2.09. The van der Waals surface area contributed by atoms with E-state index in [4.69, 9.17) is 15.2 Å². The highest BCUT2D eigenvalue weighted by Crippen LogP contribution is 2.30. The summed E-state index contributed by atoms with van der Waals surface area (Å²) in [7, 11) is 0. The molecule has 0 saturated carbocycles. The minimum Gasteiger partial charge on any atom is -0.347 e. The lowest BCUT2D eigenvalue weighted by molar-refractivity contribution is -0.184. The molecular formula is C11H24N2O2. The average molecular weight is 216 g/mol. The maximum Gasteiger partial charge on any atom is 0.170 e. The standard InChI is InChI=1S/C9H18N2O2.C2H6/c10-3-6-11-4-1-9(2-5-11)12-7-8-13-9;1-2/h1-8,10H2;1-2H3. The highest BCUT2D eigenvalue weighted by Gasteiger charge is 2.39. The van der Waals surface area contributed by atoms with Gasteiger partial charge in [0.05, 0.1) is 13.2 Å². The summed E-state index contributed by atoms with van der Waals surface area (Å²) >= 11 is 0. The van der Waals surface area contributed by atoms with Crippen molar-refractivity contribution in [2.75, 3.05) is 39.4 Å². The number of likely N-dealkylation sites (tertiary alicyclic amines) is 1. The topological polar surface area (TPSA) is 47.7 Å². The lowest BCUT2D eigenvalue weighted by Gasteiger charge is -2.37. The summed E-state index contributed by atoms with van der Waals surface area (Å²) in [6.45, 7) is 9.37. The molecule has 2 fully saturated rings. The molecular weight excluding hydrogens is 192 g/mol. The van der Waals surface area contributed by atoms with E-state index in [0.29, 0.717) is 0 Å². The second-order valence-corrected chi connectivity index (χ2v) is 3.74. The van der Waals surface area contributed by atoms with Crippen molar-refractivity contribution in [1.29, 1.82) is 0 Å². The second-order valence-electron chi connectivity index (χ2n) is 3.74. The third-order valence-electron chi connectivity index (χ3n) is 2.88. The molecule has 2 heterocycles. The Kier molecular flexibility index (Phi) is 5.53. The molecule has 2 aliphatic rings. The number of nitrogens with zero attached hydrogens (tertiary/aromatic N) is 1. The Labute approximate surface area is 92.7 Å². The molecule has 2 N–H and O–H groups in total. The number of hydrogen-bond acceptors (Lipinski definition) is 4. The van der Waals surface area contributed by atoms with Gasteiger partial charge < -0.3 is 20.1 Å². The number of ether oxygens (including phenoxy) is 2. The Balaban J connectivity index is 0.000000531. The van der Waals surface area contributed by atoms with Crippen LogP contribution in [0.2, 0.25) is 0 Å². The van der Waals surface area contributed by atoms with Crippen LogP contribution < -0.4 is 5.73 Å². The Morgan fingerprint density at radius 3 is 2.13 bits per heavy atom. The third kappa shape index (κ3) is 3.41. The van der Waals surface area contributed by atoms with Crippen molar-refractivity contribution in [3.63, 3.8) is 0 Å². The van der Waals surface area contributed by atoms with Crippen molar-refractivity contribution < 1.29 is 9.47 Å². The van der Waals surface area contributed by atoms with Gasteiger partial charge in [0.1, 0.15) is 0 Å². The first-order chi connectivity index (χ1) is 7.35. The monoisotopic (exact) mass is 216 g/mol. The molecule has 0 atom stereocenters. The molecule has 0 amide bonds. The van der Waals surface area contributed by atoms with Gasteiger partial charge in [-0.15, -0.1) is 0 Å². The number of hydrogen-bond donors (Lipinski definition) is 1. The van der Waals surface area contributed by atoms with Crippen LogP contribution in [0.5, 0.6) is 0 Å². The summed E-state index contributed by atoms with van der Waals surface area (Å²) in [6, 6.07) is 0. The number of piperidine rings is 1. The maximum absolute atomic E-state index is 5.63. The fourth-order valence-corrected chi connectivity index (χ4v) is 2.09. The Morgan fingerprint density at radius 2 is 1.67 bits per heavy atom. The summed E-state index contributed by atoms with van der Waals surface area (Å²) in [4.78, 5) is 2.37. The Morgan fingerprint density at radius 1 is 1.13 bits per heavy atom. The van der Waals surface area contributed by atoms with Gasteiger partial charge >= 0.3 is 0 Å². The first-order valence-corrected chi connectivity index (χ1v) is 6.05. The third-order valence-corrected chi connectivity index (χ3v) is 2.88. The molecule has 0 unspecified atom stereocenters. The molecule has 2 saturated heterocycles. The molecule has 15 heavy (non-hydrogen) atoms. The van der Waals surface area contributed by atoms with Gasteiger partial charge in [0.15, 0.2) is 5.79 Å². The van der Waals surface area contributed by atoms with Crippen LogP contribution in [-0.4, -0.2) is 50.1 Å². The van der Waals surface area contributed by atoms with Crippen LogP contribution in [0.25, 0.3) is 0 Å². The van der Waals surface area contributed by atoms with Gasteiger partial charge in [-0.1, -0.05) is 13.8 Å². The zero-order valence-corrected chi connectivity index (χ0v) is 10.00. The average Bonchev–Trinajstić information content (AvgIpc) is 2.74. The Hall–Kier alpha value is -0.160. The zero-order chi connectivity index (χ0) is 11.1. The van der Waals surface area contributed by atoms with Gasteiger partial charge in [0.2, 0.25) is 0 Å². The second kappa shape index (κ2) is 6.43. The number of rotatable bonds is 2. The van der Waals surface area contributed by atoms with Gasteiger partial charge in [-0.3, -0.25) is 0 Å². The molecule has 4 heteroatoms. The van der Waals surface area contributed by atoms with Crippen molar-refractivity contribution in [3.8, 4) is 0 Å². The molecule has 0 aromatic rings.